The van der Waals surface area contributed by atoms with E-state index in [-0.39, 0.29) is 5.92 Å². The van der Waals surface area contributed by atoms with Gasteiger partial charge in [-0.05, 0) is 12.8 Å². The number of rotatable bonds is 2. The van der Waals surface area contributed by atoms with E-state index >= 15 is 0 Å². The Labute approximate surface area is 63.5 Å². The van der Waals surface area contributed by atoms with Crippen LogP contribution in [0, 0.1) is 5.92 Å². The molecule has 1 aliphatic heterocycles. The van der Waals surface area contributed by atoms with Crippen molar-refractivity contribution in [1.29, 1.82) is 0 Å². The van der Waals surface area contributed by atoms with Crippen molar-refractivity contribution in [3.63, 3.8) is 0 Å². The van der Waals surface area contributed by atoms with Crippen LogP contribution in [0.4, 0.5) is 0 Å². The minimum absolute atomic E-state index is 0.284. The van der Waals surface area contributed by atoms with E-state index in [0.29, 0.717) is 11.9 Å². The van der Waals surface area contributed by atoms with Crippen molar-refractivity contribution < 1.29 is 9.53 Å². The summed E-state index contributed by atoms with van der Waals surface area (Å²) in [5.74, 6) is 0.652. The Morgan fingerprint density at radius 2 is 2.10 bits per heavy atom. The fourth-order valence-electron chi connectivity index (χ4n) is 1.19. The highest BCUT2D eigenvalue weighted by atomic mass is 31.0. The monoisotopic (exact) mass is 160 g/mol. The van der Waals surface area contributed by atoms with E-state index in [2.05, 4.69) is 9.24 Å². The predicted molar refractivity (Wildman–Crippen MR) is 43.1 cm³/mol. The molecule has 0 bridgehead atoms. The Balaban J connectivity index is 2.31. The normalized spacial score (nSPS) is 20.9. The molecule has 0 saturated carbocycles. The van der Waals surface area contributed by atoms with Gasteiger partial charge in [-0.2, -0.15) is 0 Å². The lowest BCUT2D eigenvalue weighted by Crippen LogP contribution is -2.23. The summed E-state index contributed by atoms with van der Waals surface area (Å²) in [5, 5.41) is 0. The fraction of sp³-hybridized carbons (Fsp3) is 0.857. The standard InChI is InChI=1S/C7H13O2P/c8-7(5-10)6-1-3-9-4-2-6/h6H,1-5,10H2. The van der Waals surface area contributed by atoms with Gasteiger partial charge in [-0.1, -0.05) is 0 Å². The van der Waals surface area contributed by atoms with Crippen molar-refractivity contribution >= 4 is 15.0 Å². The average Bonchev–Trinajstić information content (AvgIpc) is 2.05. The zero-order valence-electron chi connectivity index (χ0n) is 6.01. The molecule has 0 N–H and O–H groups in total. The van der Waals surface area contributed by atoms with Crippen molar-refractivity contribution in [3.8, 4) is 0 Å². The Bertz CT molecular complexity index is 119. The molecule has 1 atom stereocenters. The van der Waals surface area contributed by atoms with E-state index < -0.39 is 0 Å². The van der Waals surface area contributed by atoms with Crippen LogP contribution in [-0.2, 0) is 9.53 Å². The second-order valence-electron chi connectivity index (χ2n) is 2.56. The quantitative estimate of drug-likeness (QED) is 0.560. The first-order chi connectivity index (χ1) is 4.84. The Morgan fingerprint density at radius 1 is 1.50 bits per heavy atom. The largest absolute Gasteiger partial charge is 0.381 e. The zero-order valence-corrected chi connectivity index (χ0v) is 7.16. The third-order valence-electron chi connectivity index (χ3n) is 1.88. The highest BCUT2D eigenvalue weighted by Gasteiger charge is 2.19. The van der Waals surface area contributed by atoms with Crippen LogP contribution >= 0.6 is 9.24 Å². The van der Waals surface area contributed by atoms with Crippen LogP contribution in [0.3, 0.4) is 0 Å². The first-order valence-electron chi connectivity index (χ1n) is 3.65. The average molecular weight is 160 g/mol. The van der Waals surface area contributed by atoms with Gasteiger partial charge in [-0.15, -0.1) is 9.24 Å². The van der Waals surface area contributed by atoms with Gasteiger partial charge in [0, 0.05) is 25.3 Å². The van der Waals surface area contributed by atoms with Gasteiger partial charge in [0.25, 0.3) is 0 Å². The van der Waals surface area contributed by atoms with Gasteiger partial charge in [0.15, 0.2) is 0 Å². The van der Waals surface area contributed by atoms with E-state index in [9.17, 15) is 4.79 Å². The smallest absolute Gasteiger partial charge is 0.139 e. The molecule has 0 radical (unpaired) electrons. The van der Waals surface area contributed by atoms with E-state index in [4.69, 9.17) is 4.74 Å². The molecule has 58 valence electrons. The van der Waals surface area contributed by atoms with Gasteiger partial charge in [0.2, 0.25) is 0 Å². The number of ketones is 1. The molecule has 0 amide bonds. The number of carbonyl (C=O) groups excluding carboxylic acids is 1. The molecule has 0 aromatic rings. The van der Waals surface area contributed by atoms with Gasteiger partial charge in [-0.3, -0.25) is 4.79 Å². The minimum atomic E-state index is 0.284. The number of Topliss-reactive ketones (excluding diaryl/α,β-unsaturated/α-hetero) is 1. The summed E-state index contributed by atoms with van der Waals surface area (Å²) in [6.45, 7) is 1.53. The molecule has 0 aliphatic carbocycles. The highest BCUT2D eigenvalue weighted by molar-refractivity contribution is 7.18. The molecule has 1 heterocycles. The highest BCUT2D eigenvalue weighted by Crippen LogP contribution is 2.16. The molecule has 3 heteroatoms. The molecular formula is C7H13O2P. The first-order valence-corrected chi connectivity index (χ1v) is 4.46. The maximum atomic E-state index is 11.1. The lowest BCUT2D eigenvalue weighted by molar-refractivity contribution is -0.123. The van der Waals surface area contributed by atoms with Crippen molar-refractivity contribution in [2.75, 3.05) is 19.4 Å². The maximum Gasteiger partial charge on any atom is 0.139 e. The fourth-order valence-corrected chi connectivity index (χ4v) is 1.52. The minimum Gasteiger partial charge on any atom is -0.381 e. The molecule has 1 fully saturated rings. The van der Waals surface area contributed by atoms with Crippen molar-refractivity contribution in [3.05, 3.63) is 0 Å². The summed E-state index contributed by atoms with van der Waals surface area (Å²) < 4.78 is 5.14. The van der Waals surface area contributed by atoms with Crippen LogP contribution in [0.15, 0.2) is 0 Å². The van der Waals surface area contributed by atoms with Gasteiger partial charge in [0.1, 0.15) is 5.78 Å². The maximum absolute atomic E-state index is 11.1. The van der Waals surface area contributed by atoms with Crippen LogP contribution in [-0.4, -0.2) is 25.2 Å². The van der Waals surface area contributed by atoms with E-state index in [1.165, 1.54) is 0 Å². The lowest BCUT2D eigenvalue weighted by Gasteiger charge is -2.19. The summed E-state index contributed by atoms with van der Waals surface area (Å²) in [4.78, 5) is 11.1. The Hall–Kier alpha value is 0.0600. The number of carbonyl (C=O) groups is 1. The molecule has 1 rings (SSSR count). The van der Waals surface area contributed by atoms with Gasteiger partial charge in [-0.25, -0.2) is 0 Å². The van der Waals surface area contributed by atoms with Crippen molar-refractivity contribution in [2.24, 2.45) is 5.92 Å². The second-order valence-corrected chi connectivity index (χ2v) is 2.97. The third-order valence-corrected chi connectivity index (χ3v) is 2.28. The van der Waals surface area contributed by atoms with Gasteiger partial charge in [0.05, 0.1) is 0 Å². The molecule has 1 aliphatic rings. The predicted octanol–water partition coefficient (Wildman–Crippen LogP) is 0.857. The summed E-state index contributed by atoms with van der Waals surface area (Å²) >= 11 is 0. The van der Waals surface area contributed by atoms with E-state index in [1.54, 1.807) is 0 Å². The van der Waals surface area contributed by atoms with Gasteiger partial charge < -0.3 is 4.74 Å². The summed E-state index contributed by atoms with van der Waals surface area (Å²) in [5.41, 5.74) is 0. The zero-order chi connectivity index (χ0) is 7.40. The summed E-state index contributed by atoms with van der Waals surface area (Å²) in [6, 6.07) is 0. The second kappa shape index (κ2) is 4.05. The van der Waals surface area contributed by atoms with E-state index in [1.807, 2.05) is 0 Å². The van der Waals surface area contributed by atoms with Crippen LogP contribution in [0.25, 0.3) is 0 Å². The number of ether oxygens (including phenoxy) is 1. The molecular weight excluding hydrogens is 147 g/mol. The molecule has 2 nitrogen and oxygen atoms in total. The number of hydrogen-bond acceptors (Lipinski definition) is 2. The molecule has 0 aromatic heterocycles. The third kappa shape index (κ3) is 2.03. The number of hydrogen-bond donors (Lipinski definition) is 0. The Morgan fingerprint density at radius 3 is 2.60 bits per heavy atom. The van der Waals surface area contributed by atoms with Crippen molar-refractivity contribution in [1.82, 2.24) is 0 Å². The van der Waals surface area contributed by atoms with Crippen LogP contribution < -0.4 is 0 Å². The first kappa shape index (κ1) is 8.16. The van der Waals surface area contributed by atoms with Gasteiger partial charge >= 0.3 is 0 Å². The Kier molecular flexibility index (Phi) is 3.30. The summed E-state index contributed by atoms with van der Waals surface area (Å²) in [7, 11) is 2.48. The lowest BCUT2D eigenvalue weighted by atomic mass is 9.96. The summed E-state index contributed by atoms with van der Waals surface area (Å²) in [6.07, 6.45) is 2.45. The molecule has 0 spiro atoms. The SMILES string of the molecule is O=C(CP)C1CCOCC1. The van der Waals surface area contributed by atoms with E-state index in [0.717, 1.165) is 26.1 Å². The molecule has 0 aromatic carbocycles. The topological polar surface area (TPSA) is 26.3 Å². The molecule has 1 saturated heterocycles. The van der Waals surface area contributed by atoms with Crippen molar-refractivity contribution in [2.45, 2.75) is 12.8 Å². The van der Waals surface area contributed by atoms with Crippen LogP contribution in [0.5, 0.6) is 0 Å². The van der Waals surface area contributed by atoms with Crippen LogP contribution in [0.1, 0.15) is 12.8 Å². The van der Waals surface area contributed by atoms with Crippen LogP contribution in [0.2, 0.25) is 0 Å². The molecule has 1 unspecified atom stereocenters. The molecule has 10 heavy (non-hydrogen) atoms.